The van der Waals surface area contributed by atoms with E-state index in [1.807, 2.05) is 18.2 Å². The van der Waals surface area contributed by atoms with Crippen LogP contribution in [0, 0.1) is 5.41 Å². The van der Waals surface area contributed by atoms with Crippen molar-refractivity contribution in [3.8, 4) is 0 Å². The zero-order valence-electron chi connectivity index (χ0n) is 12.9. The third-order valence-electron chi connectivity index (χ3n) is 5.30. The van der Waals surface area contributed by atoms with Crippen molar-refractivity contribution in [2.24, 2.45) is 5.41 Å². The molecule has 122 valence electrons. The number of carbonyl (C=O) groups is 1. The van der Waals surface area contributed by atoms with E-state index in [1.165, 1.54) is 0 Å². The molecule has 2 N–H and O–H groups in total. The maximum Gasteiger partial charge on any atom is 0.320 e. The first-order valence-electron chi connectivity index (χ1n) is 8.05. The van der Waals surface area contributed by atoms with Gasteiger partial charge in [0.15, 0.2) is 0 Å². The summed E-state index contributed by atoms with van der Waals surface area (Å²) in [5, 5.41) is 20.8. The fourth-order valence-electron chi connectivity index (χ4n) is 4.08. The number of carboxylic acids is 1. The lowest BCUT2D eigenvalue weighted by Gasteiger charge is -2.33. The van der Waals surface area contributed by atoms with Gasteiger partial charge in [0.1, 0.15) is 17.1 Å². The Bertz CT molecular complexity index is 723. The van der Waals surface area contributed by atoms with Crippen molar-refractivity contribution in [1.82, 2.24) is 20.5 Å². The Balaban J connectivity index is 1.61. The van der Waals surface area contributed by atoms with Gasteiger partial charge in [0.25, 0.3) is 0 Å². The van der Waals surface area contributed by atoms with Crippen LogP contribution in [0.3, 0.4) is 0 Å². The van der Waals surface area contributed by atoms with Crippen LogP contribution in [-0.2, 0) is 11.3 Å². The van der Waals surface area contributed by atoms with Crippen LogP contribution in [0.4, 0.5) is 0 Å². The van der Waals surface area contributed by atoms with Crippen molar-refractivity contribution in [2.75, 3.05) is 19.6 Å². The van der Waals surface area contributed by atoms with Crippen molar-refractivity contribution < 1.29 is 14.5 Å². The van der Waals surface area contributed by atoms with E-state index in [-0.39, 0.29) is 5.41 Å². The van der Waals surface area contributed by atoms with Gasteiger partial charge in [-0.05, 0) is 59.7 Å². The van der Waals surface area contributed by atoms with E-state index < -0.39 is 12.0 Å². The molecule has 0 aliphatic carbocycles. The third-order valence-corrected chi connectivity index (χ3v) is 5.30. The maximum atomic E-state index is 11.7. The highest BCUT2D eigenvalue weighted by Gasteiger charge is 2.47. The number of piperidine rings is 1. The second kappa shape index (κ2) is 5.58. The number of aliphatic carboxylic acids is 1. The molecule has 1 spiro atoms. The normalized spacial score (nSPS) is 24.4. The Labute approximate surface area is 133 Å². The van der Waals surface area contributed by atoms with Crippen LogP contribution >= 0.6 is 0 Å². The summed E-state index contributed by atoms with van der Waals surface area (Å²) in [5.74, 6) is -0.731. The molecule has 23 heavy (non-hydrogen) atoms. The molecular weight excluding hydrogens is 296 g/mol. The van der Waals surface area contributed by atoms with Gasteiger partial charge in [-0.3, -0.25) is 9.69 Å². The summed E-state index contributed by atoms with van der Waals surface area (Å²) in [6, 6.07) is 5.30. The van der Waals surface area contributed by atoms with Crippen molar-refractivity contribution in [3.63, 3.8) is 0 Å². The number of nitrogens with one attached hydrogen (secondary N) is 1. The van der Waals surface area contributed by atoms with Crippen LogP contribution < -0.4 is 5.32 Å². The molecule has 2 aliphatic heterocycles. The van der Waals surface area contributed by atoms with Crippen LogP contribution in [0.15, 0.2) is 22.8 Å². The van der Waals surface area contributed by atoms with E-state index >= 15 is 0 Å². The van der Waals surface area contributed by atoms with Gasteiger partial charge in [0.05, 0.1) is 0 Å². The standard InChI is InChI=1S/C16H20N4O3/c21-15(22)13-8-16(4-6-17-7-5-16)10-20(13)9-11-2-1-3-12-14(11)19-23-18-12/h1-3,13,17H,4-10H2,(H,21,22)/t13-/m0/s1. The number of aromatic nitrogens is 2. The quantitative estimate of drug-likeness (QED) is 0.880. The monoisotopic (exact) mass is 316 g/mol. The molecule has 0 amide bonds. The summed E-state index contributed by atoms with van der Waals surface area (Å²) in [6.07, 6.45) is 2.82. The summed E-state index contributed by atoms with van der Waals surface area (Å²) in [6.45, 7) is 3.34. The molecule has 7 heteroatoms. The molecular formula is C16H20N4O3. The van der Waals surface area contributed by atoms with Gasteiger partial charge in [-0.1, -0.05) is 12.1 Å². The molecule has 2 aliphatic rings. The van der Waals surface area contributed by atoms with E-state index in [0.717, 1.165) is 50.0 Å². The number of nitrogens with zero attached hydrogens (tertiary/aromatic N) is 3. The molecule has 1 aromatic heterocycles. The third kappa shape index (κ3) is 2.60. The fraction of sp³-hybridized carbons (Fsp3) is 0.562. The first kappa shape index (κ1) is 14.6. The summed E-state index contributed by atoms with van der Waals surface area (Å²) in [5.41, 5.74) is 2.54. The van der Waals surface area contributed by atoms with E-state index in [9.17, 15) is 9.90 Å². The summed E-state index contributed by atoms with van der Waals surface area (Å²) >= 11 is 0. The minimum absolute atomic E-state index is 0.129. The number of hydrogen-bond donors (Lipinski definition) is 2. The Morgan fingerprint density at radius 1 is 1.39 bits per heavy atom. The number of hydrogen-bond acceptors (Lipinski definition) is 6. The molecule has 0 radical (unpaired) electrons. The van der Waals surface area contributed by atoms with Gasteiger partial charge >= 0.3 is 5.97 Å². The largest absolute Gasteiger partial charge is 0.480 e. The first-order valence-corrected chi connectivity index (χ1v) is 8.05. The molecule has 0 unspecified atom stereocenters. The van der Waals surface area contributed by atoms with E-state index in [1.54, 1.807) is 0 Å². The van der Waals surface area contributed by atoms with Gasteiger partial charge in [-0.15, -0.1) is 0 Å². The highest BCUT2D eigenvalue weighted by molar-refractivity contribution is 5.77. The molecule has 3 heterocycles. The second-order valence-electron chi connectivity index (χ2n) is 6.76. The molecule has 4 rings (SSSR count). The van der Waals surface area contributed by atoms with E-state index in [0.29, 0.717) is 12.1 Å². The highest BCUT2D eigenvalue weighted by atomic mass is 16.6. The average molecular weight is 316 g/mol. The van der Waals surface area contributed by atoms with Crippen molar-refractivity contribution in [1.29, 1.82) is 0 Å². The zero-order chi connectivity index (χ0) is 15.9. The van der Waals surface area contributed by atoms with Gasteiger partial charge in [-0.2, -0.15) is 0 Å². The van der Waals surface area contributed by atoms with Gasteiger partial charge in [-0.25, -0.2) is 4.63 Å². The van der Waals surface area contributed by atoms with Crippen LogP contribution in [0.1, 0.15) is 24.8 Å². The second-order valence-corrected chi connectivity index (χ2v) is 6.76. The fourth-order valence-corrected chi connectivity index (χ4v) is 4.08. The smallest absolute Gasteiger partial charge is 0.320 e. The predicted octanol–water partition coefficient (Wildman–Crippen LogP) is 1.25. The molecule has 2 fully saturated rings. The molecule has 7 nitrogen and oxygen atoms in total. The van der Waals surface area contributed by atoms with Crippen LogP contribution in [-0.4, -0.2) is 52.0 Å². The van der Waals surface area contributed by atoms with Gasteiger partial charge in [0, 0.05) is 13.1 Å². The summed E-state index contributed by atoms with van der Waals surface area (Å²) < 4.78 is 4.81. The lowest BCUT2D eigenvalue weighted by Crippen LogP contribution is -2.38. The zero-order valence-corrected chi connectivity index (χ0v) is 12.9. The lowest BCUT2D eigenvalue weighted by molar-refractivity contribution is -0.142. The molecule has 0 bridgehead atoms. The van der Waals surface area contributed by atoms with Crippen molar-refractivity contribution >= 4 is 17.0 Å². The van der Waals surface area contributed by atoms with E-state index in [2.05, 4.69) is 20.5 Å². The Morgan fingerprint density at radius 2 is 2.22 bits per heavy atom. The Hall–Kier alpha value is -1.99. The lowest BCUT2D eigenvalue weighted by atomic mass is 9.77. The number of rotatable bonds is 3. The molecule has 1 atom stereocenters. The first-order chi connectivity index (χ1) is 11.2. The molecule has 2 aromatic rings. The highest BCUT2D eigenvalue weighted by Crippen LogP contribution is 2.42. The van der Waals surface area contributed by atoms with Crippen LogP contribution in [0.5, 0.6) is 0 Å². The maximum absolute atomic E-state index is 11.7. The number of benzene rings is 1. The minimum Gasteiger partial charge on any atom is -0.480 e. The summed E-state index contributed by atoms with van der Waals surface area (Å²) in [4.78, 5) is 13.8. The Morgan fingerprint density at radius 3 is 3.00 bits per heavy atom. The molecule has 0 saturated carbocycles. The van der Waals surface area contributed by atoms with Crippen LogP contribution in [0.25, 0.3) is 11.0 Å². The van der Waals surface area contributed by atoms with Crippen molar-refractivity contribution in [3.05, 3.63) is 23.8 Å². The van der Waals surface area contributed by atoms with Gasteiger partial charge < -0.3 is 10.4 Å². The number of fused-ring (bicyclic) bond motifs is 1. The van der Waals surface area contributed by atoms with Crippen LogP contribution in [0.2, 0.25) is 0 Å². The molecule has 1 aromatic carbocycles. The number of carboxylic acid groups (broad SMARTS) is 1. The summed E-state index contributed by atoms with van der Waals surface area (Å²) in [7, 11) is 0. The van der Waals surface area contributed by atoms with Crippen molar-refractivity contribution in [2.45, 2.75) is 31.8 Å². The van der Waals surface area contributed by atoms with E-state index in [4.69, 9.17) is 4.63 Å². The predicted molar refractivity (Wildman–Crippen MR) is 82.8 cm³/mol. The van der Waals surface area contributed by atoms with Gasteiger partial charge in [0.2, 0.25) is 0 Å². The SMILES string of the molecule is O=C(O)[C@@H]1CC2(CCNCC2)CN1Cc1cccc2nonc12. The Kier molecular flexibility index (Phi) is 3.54. The average Bonchev–Trinajstić information content (AvgIpc) is 3.14. The topological polar surface area (TPSA) is 91.5 Å². The number of likely N-dealkylation sites (tertiary alicyclic amines) is 1. The molecule has 2 saturated heterocycles. The minimum atomic E-state index is -0.731.